The van der Waals surface area contributed by atoms with E-state index < -0.39 is 0 Å². The minimum atomic E-state index is -0.0438. The number of fused-ring (bicyclic) bond motifs is 5. The van der Waals surface area contributed by atoms with Gasteiger partial charge in [0.1, 0.15) is 12.8 Å². The average Bonchev–Trinajstić information content (AvgIpc) is 2.79. The maximum atomic E-state index is 12.4. The van der Waals surface area contributed by atoms with Crippen LogP contribution in [-0.4, -0.2) is 16.8 Å². The van der Waals surface area contributed by atoms with Crippen molar-refractivity contribution in [1.82, 2.24) is 4.57 Å². The number of rotatable bonds is 3. The molecule has 2 heterocycles. The lowest BCUT2D eigenvalue weighted by molar-refractivity contribution is -0.116. The molecule has 0 unspecified atom stereocenters. The Balaban J connectivity index is 2.13. The average molecular weight is 318 g/mol. The van der Waals surface area contributed by atoms with E-state index in [4.69, 9.17) is 0 Å². The fraction of sp³-hybridized carbons (Fsp3) is 0.200. The van der Waals surface area contributed by atoms with Gasteiger partial charge in [-0.25, -0.2) is 0 Å². The Morgan fingerprint density at radius 2 is 2.04 bits per heavy atom. The van der Waals surface area contributed by atoms with Crippen LogP contribution in [0.25, 0.3) is 22.2 Å². The Morgan fingerprint density at radius 1 is 1.21 bits per heavy atom. The summed E-state index contributed by atoms with van der Waals surface area (Å²) in [5.41, 5.74) is 5.79. The lowest BCUT2D eigenvalue weighted by Crippen LogP contribution is -2.16. The minimum Gasteiger partial charge on any atom is -0.331 e. The summed E-state index contributed by atoms with van der Waals surface area (Å²) in [5, 5.41) is 4.12. The molecule has 0 saturated heterocycles. The summed E-state index contributed by atoms with van der Waals surface area (Å²) in [6, 6.07) is 13.6. The van der Waals surface area contributed by atoms with Crippen molar-refractivity contribution in [1.29, 1.82) is 0 Å². The molecule has 1 amide bonds. The molecule has 0 fully saturated rings. The molecule has 4 nitrogen and oxygen atoms in total. The first kappa shape index (κ1) is 14.7. The van der Waals surface area contributed by atoms with Crippen molar-refractivity contribution >= 4 is 28.8 Å². The number of aryl methyl sites for hydroxylation is 1. The van der Waals surface area contributed by atoms with E-state index in [1.165, 1.54) is 5.56 Å². The number of amides is 1. The zero-order valence-corrected chi connectivity index (χ0v) is 13.5. The molecule has 0 spiro atoms. The highest BCUT2D eigenvalue weighted by atomic mass is 16.2. The van der Waals surface area contributed by atoms with Gasteiger partial charge < -0.3 is 9.88 Å². The van der Waals surface area contributed by atoms with Gasteiger partial charge in [-0.2, -0.15) is 0 Å². The van der Waals surface area contributed by atoms with E-state index in [1.807, 2.05) is 42.5 Å². The van der Waals surface area contributed by atoms with Crippen LogP contribution in [0.15, 0.2) is 42.5 Å². The van der Waals surface area contributed by atoms with Crippen LogP contribution in [0.5, 0.6) is 0 Å². The lowest BCUT2D eigenvalue weighted by Gasteiger charge is -2.09. The van der Waals surface area contributed by atoms with Gasteiger partial charge in [0.05, 0.1) is 11.4 Å². The van der Waals surface area contributed by atoms with Crippen molar-refractivity contribution in [2.45, 2.75) is 26.3 Å². The van der Waals surface area contributed by atoms with Gasteiger partial charge in [-0.1, -0.05) is 43.7 Å². The number of hydrogen-bond donors (Lipinski definition) is 1. The van der Waals surface area contributed by atoms with Crippen LogP contribution < -0.4 is 5.32 Å². The van der Waals surface area contributed by atoms with Gasteiger partial charge >= 0.3 is 0 Å². The summed E-state index contributed by atoms with van der Waals surface area (Å²) in [5.74, 6) is -0.0438. The van der Waals surface area contributed by atoms with Crippen molar-refractivity contribution in [2.75, 3.05) is 5.32 Å². The second kappa shape index (κ2) is 5.64. The maximum Gasteiger partial charge on any atom is 0.244 e. The van der Waals surface area contributed by atoms with Crippen molar-refractivity contribution < 1.29 is 9.59 Å². The number of nitrogens with zero attached hydrogens (tertiary/aromatic N) is 1. The molecule has 3 aromatic rings. The molecule has 0 bridgehead atoms. The fourth-order valence-electron chi connectivity index (χ4n) is 3.62. The van der Waals surface area contributed by atoms with Gasteiger partial charge in [0.25, 0.3) is 0 Å². The van der Waals surface area contributed by atoms with Crippen molar-refractivity contribution in [3.05, 3.63) is 53.6 Å². The maximum absolute atomic E-state index is 12.4. The number of aldehydes is 1. The molecule has 0 aliphatic carbocycles. The highest BCUT2D eigenvalue weighted by Gasteiger charge is 2.24. The molecule has 4 rings (SSSR count). The Morgan fingerprint density at radius 3 is 2.83 bits per heavy atom. The monoisotopic (exact) mass is 318 g/mol. The topological polar surface area (TPSA) is 51.1 Å². The summed E-state index contributed by atoms with van der Waals surface area (Å²) in [6.07, 6.45) is 2.80. The van der Waals surface area contributed by atoms with Gasteiger partial charge in [0.2, 0.25) is 5.91 Å². The molecule has 0 atom stereocenters. The quantitative estimate of drug-likeness (QED) is 0.741. The summed E-state index contributed by atoms with van der Waals surface area (Å²) in [4.78, 5) is 23.6. The predicted molar refractivity (Wildman–Crippen MR) is 95.4 cm³/mol. The molecule has 1 aromatic heterocycles. The van der Waals surface area contributed by atoms with E-state index in [-0.39, 0.29) is 12.5 Å². The molecule has 24 heavy (non-hydrogen) atoms. The Labute approximate surface area is 140 Å². The Kier molecular flexibility index (Phi) is 3.45. The first-order valence-electron chi connectivity index (χ1n) is 8.22. The molecule has 2 aromatic carbocycles. The second-order valence-electron chi connectivity index (χ2n) is 6.15. The number of anilines is 1. The van der Waals surface area contributed by atoms with Gasteiger partial charge in [0.15, 0.2) is 0 Å². The van der Waals surface area contributed by atoms with Crippen LogP contribution in [0, 0.1) is 0 Å². The first-order valence-corrected chi connectivity index (χ1v) is 8.22. The largest absolute Gasteiger partial charge is 0.331 e. The van der Waals surface area contributed by atoms with E-state index in [0.717, 1.165) is 47.0 Å². The SMILES string of the molecule is CCCc1c2n(c3cc(C=O)ccc13)CC(=O)Nc1ccccc1-2. The van der Waals surface area contributed by atoms with E-state index in [0.29, 0.717) is 5.56 Å². The van der Waals surface area contributed by atoms with E-state index >= 15 is 0 Å². The zero-order chi connectivity index (χ0) is 16.7. The molecule has 0 radical (unpaired) electrons. The third kappa shape index (κ3) is 2.14. The van der Waals surface area contributed by atoms with E-state index in [1.54, 1.807) is 0 Å². The van der Waals surface area contributed by atoms with Gasteiger partial charge in [0, 0.05) is 22.0 Å². The Bertz CT molecular complexity index is 969. The third-order valence-electron chi connectivity index (χ3n) is 4.59. The number of para-hydroxylation sites is 1. The zero-order valence-electron chi connectivity index (χ0n) is 13.5. The van der Waals surface area contributed by atoms with E-state index in [2.05, 4.69) is 16.8 Å². The minimum absolute atomic E-state index is 0.0438. The van der Waals surface area contributed by atoms with Crippen molar-refractivity contribution in [3.8, 4) is 11.3 Å². The predicted octanol–water partition coefficient (Wildman–Crippen LogP) is 4.03. The summed E-state index contributed by atoms with van der Waals surface area (Å²) in [7, 11) is 0. The molecule has 0 saturated carbocycles. The van der Waals surface area contributed by atoms with Crippen LogP contribution >= 0.6 is 0 Å². The molecular formula is C20H18N2O2. The molecule has 4 heteroatoms. The molecular weight excluding hydrogens is 300 g/mol. The van der Waals surface area contributed by atoms with Crippen LogP contribution in [-0.2, 0) is 17.8 Å². The van der Waals surface area contributed by atoms with Gasteiger partial charge in [-0.15, -0.1) is 0 Å². The van der Waals surface area contributed by atoms with Crippen LogP contribution in [0.2, 0.25) is 0 Å². The molecule has 1 aliphatic rings. The van der Waals surface area contributed by atoms with Crippen molar-refractivity contribution in [2.24, 2.45) is 0 Å². The fourth-order valence-corrected chi connectivity index (χ4v) is 3.62. The second-order valence-corrected chi connectivity index (χ2v) is 6.15. The Hall–Kier alpha value is -2.88. The number of carbonyl (C=O) groups excluding carboxylic acids is 2. The normalized spacial score (nSPS) is 13.1. The third-order valence-corrected chi connectivity index (χ3v) is 4.59. The van der Waals surface area contributed by atoms with Crippen LogP contribution in [0.1, 0.15) is 29.3 Å². The molecule has 1 aliphatic heterocycles. The molecule has 120 valence electrons. The van der Waals surface area contributed by atoms with Gasteiger partial charge in [-0.3, -0.25) is 9.59 Å². The molecule has 1 N–H and O–H groups in total. The first-order chi connectivity index (χ1) is 11.7. The number of nitrogens with one attached hydrogen (secondary N) is 1. The smallest absolute Gasteiger partial charge is 0.244 e. The summed E-state index contributed by atoms with van der Waals surface area (Å²) < 4.78 is 2.05. The number of carbonyl (C=O) groups is 2. The number of hydrogen-bond acceptors (Lipinski definition) is 2. The highest BCUT2D eigenvalue weighted by Crippen LogP contribution is 2.39. The number of aromatic nitrogens is 1. The van der Waals surface area contributed by atoms with E-state index in [9.17, 15) is 9.59 Å². The highest BCUT2D eigenvalue weighted by molar-refractivity contribution is 6.03. The summed E-state index contributed by atoms with van der Waals surface area (Å²) in [6.45, 7) is 2.41. The van der Waals surface area contributed by atoms with Crippen LogP contribution in [0.4, 0.5) is 5.69 Å². The lowest BCUT2D eigenvalue weighted by atomic mass is 10.00. The standard InChI is InChI=1S/C20H18N2O2/c1-2-5-15-14-9-8-13(12-23)10-18(14)22-11-19(24)21-17-7-4-3-6-16(17)20(15)22/h3-4,6-10,12H,2,5,11H2,1H3,(H,21,24). The van der Waals surface area contributed by atoms with Crippen molar-refractivity contribution in [3.63, 3.8) is 0 Å². The van der Waals surface area contributed by atoms with Crippen LogP contribution in [0.3, 0.4) is 0 Å². The van der Waals surface area contributed by atoms with Gasteiger partial charge in [-0.05, 0) is 24.1 Å². The number of benzene rings is 2. The summed E-state index contributed by atoms with van der Waals surface area (Å²) >= 11 is 0.